The van der Waals surface area contributed by atoms with Crippen molar-refractivity contribution < 1.29 is 4.74 Å². The van der Waals surface area contributed by atoms with Gasteiger partial charge in [-0.3, -0.25) is 4.98 Å². The standard InChI is InChI=1S/C13H13NO/c1-15-13-7-3-2-6-12(13)9-11-5-4-8-14-10-11/h2-8,10H,9H2,1H3. The molecule has 0 saturated carbocycles. The van der Waals surface area contributed by atoms with E-state index in [-0.39, 0.29) is 0 Å². The van der Waals surface area contributed by atoms with Gasteiger partial charge in [0.15, 0.2) is 0 Å². The van der Waals surface area contributed by atoms with Crippen LogP contribution in [0.25, 0.3) is 0 Å². The van der Waals surface area contributed by atoms with Crippen molar-refractivity contribution in [1.82, 2.24) is 4.98 Å². The van der Waals surface area contributed by atoms with E-state index in [2.05, 4.69) is 17.1 Å². The van der Waals surface area contributed by atoms with Crippen molar-refractivity contribution in [3.63, 3.8) is 0 Å². The number of aromatic nitrogens is 1. The molecule has 0 aliphatic heterocycles. The average Bonchev–Trinajstić information content (AvgIpc) is 2.31. The molecule has 0 N–H and O–H groups in total. The van der Waals surface area contributed by atoms with E-state index in [0.29, 0.717) is 0 Å². The number of pyridine rings is 1. The number of nitrogens with zero attached hydrogens (tertiary/aromatic N) is 1. The summed E-state index contributed by atoms with van der Waals surface area (Å²) in [5.41, 5.74) is 2.38. The first kappa shape index (κ1) is 9.71. The van der Waals surface area contributed by atoms with Crippen LogP contribution < -0.4 is 4.74 Å². The van der Waals surface area contributed by atoms with Gasteiger partial charge in [0, 0.05) is 18.8 Å². The van der Waals surface area contributed by atoms with Gasteiger partial charge < -0.3 is 4.74 Å². The summed E-state index contributed by atoms with van der Waals surface area (Å²) < 4.78 is 5.30. The normalized spacial score (nSPS) is 9.93. The first-order chi connectivity index (χ1) is 7.40. The molecule has 0 spiro atoms. The van der Waals surface area contributed by atoms with Gasteiger partial charge in [0.05, 0.1) is 7.11 Å². The molecule has 1 heterocycles. The average molecular weight is 199 g/mol. The zero-order valence-electron chi connectivity index (χ0n) is 8.68. The van der Waals surface area contributed by atoms with Crippen molar-refractivity contribution in [2.75, 3.05) is 7.11 Å². The summed E-state index contributed by atoms with van der Waals surface area (Å²) >= 11 is 0. The van der Waals surface area contributed by atoms with E-state index >= 15 is 0 Å². The van der Waals surface area contributed by atoms with Crippen LogP contribution in [0, 0.1) is 0 Å². The third-order valence-electron chi connectivity index (χ3n) is 2.31. The summed E-state index contributed by atoms with van der Waals surface area (Å²) in [5.74, 6) is 0.932. The summed E-state index contributed by atoms with van der Waals surface area (Å²) in [6.07, 6.45) is 4.52. The molecule has 2 aromatic rings. The molecule has 0 aliphatic carbocycles. The fourth-order valence-electron chi connectivity index (χ4n) is 1.57. The minimum Gasteiger partial charge on any atom is -0.496 e. The minimum absolute atomic E-state index is 0.859. The Hall–Kier alpha value is -1.83. The van der Waals surface area contributed by atoms with Crippen LogP contribution in [0.15, 0.2) is 48.8 Å². The van der Waals surface area contributed by atoms with Gasteiger partial charge in [-0.1, -0.05) is 24.3 Å². The van der Waals surface area contributed by atoms with Crippen molar-refractivity contribution in [2.45, 2.75) is 6.42 Å². The number of hydrogen-bond acceptors (Lipinski definition) is 2. The smallest absolute Gasteiger partial charge is 0.122 e. The molecule has 0 saturated heterocycles. The molecule has 76 valence electrons. The van der Waals surface area contributed by atoms with Crippen LogP contribution in [0.4, 0.5) is 0 Å². The van der Waals surface area contributed by atoms with Crippen molar-refractivity contribution in [3.8, 4) is 5.75 Å². The lowest BCUT2D eigenvalue weighted by Crippen LogP contribution is -1.93. The number of para-hydroxylation sites is 1. The summed E-state index contributed by atoms with van der Waals surface area (Å²) in [6.45, 7) is 0. The third kappa shape index (κ3) is 2.34. The molecule has 0 bridgehead atoms. The topological polar surface area (TPSA) is 22.1 Å². The van der Waals surface area contributed by atoms with Gasteiger partial charge in [-0.05, 0) is 23.3 Å². The molecule has 1 aromatic carbocycles. The summed E-state index contributed by atoms with van der Waals surface area (Å²) in [6, 6.07) is 12.1. The molecule has 2 nitrogen and oxygen atoms in total. The largest absolute Gasteiger partial charge is 0.496 e. The van der Waals surface area contributed by atoms with Crippen LogP contribution in [-0.2, 0) is 6.42 Å². The summed E-state index contributed by atoms with van der Waals surface area (Å²) in [4.78, 5) is 4.10. The highest BCUT2D eigenvalue weighted by atomic mass is 16.5. The zero-order chi connectivity index (χ0) is 10.5. The van der Waals surface area contributed by atoms with E-state index in [1.807, 2.05) is 30.5 Å². The molecule has 0 amide bonds. The van der Waals surface area contributed by atoms with E-state index in [9.17, 15) is 0 Å². The Balaban J connectivity index is 2.24. The molecule has 0 fully saturated rings. The van der Waals surface area contributed by atoms with Crippen LogP contribution in [0.2, 0.25) is 0 Å². The Morgan fingerprint density at radius 2 is 2.00 bits per heavy atom. The Kier molecular flexibility index (Phi) is 2.98. The lowest BCUT2D eigenvalue weighted by Gasteiger charge is -2.07. The van der Waals surface area contributed by atoms with E-state index in [0.717, 1.165) is 12.2 Å². The summed E-state index contributed by atoms with van der Waals surface area (Å²) in [5, 5.41) is 0. The Morgan fingerprint density at radius 3 is 2.73 bits per heavy atom. The monoisotopic (exact) mass is 199 g/mol. The lowest BCUT2D eigenvalue weighted by molar-refractivity contribution is 0.410. The van der Waals surface area contributed by atoms with Crippen LogP contribution in [0.3, 0.4) is 0 Å². The first-order valence-electron chi connectivity index (χ1n) is 4.91. The second kappa shape index (κ2) is 4.60. The lowest BCUT2D eigenvalue weighted by atomic mass is 10.1. The molecule has 2 rings (SSSR count). The molecular weight excluding hydrogens is 186 g/mol. The quantitative estimate of drug-likeness (QED) is 0.758. The van der Waals surface area contributed by atoms with Crippen molar-refractivity contribution in [3.05, 3.63) is 59.9 Å². The number of methoxy groups -OCH3 is 1. The van der Waals surface area contributed by atoms with E-state index in [1.54, 1.807) is 13.3 Å². The van der Waals surface area contributed by atoms with Crippen molar-refractivity contribution in [1.29, 1.82) is 0 Å². The number of rotatable bonds is 3. The van der Waals surface area contributed by atoms with Crippen LogP contribution in [0.1, 0.15) is 11.1 Å². The maximum Gasteiger partial charge on any atom is 0.122 e. The highest BCUT2D eigenvalue weighted by Gasteiger charge is 2.02. The maximum absolute atomic E-state index is 5.30. The minimum atomic E-state index is 0.859. The van der Waals surface area contributed by atoms with E-state index in [4.69, 9.17) is 4.74 Å². The molecule has 1 aromatic heterocycles. The molecule has 0 radical (unpaired) electrons. The first-order valence-corrected chi connectivity index (χ1v) is 4.91. The Morgan fingerprint density at radius 1 is 1.13 bits per heavy atom. The second-order valence-electron chi connectivity index (χ2n) is 3.35. The fraction of sp³-hybridized carbons (Fsp3) is 0.154. The number of benzene rings is 1. The second-order valence-corrected chi connectivity index (χ2v) is 3.35. The molecular formula is C13H13NO. The van der Waals surface area contributed by atoms with Gasteiger partial charge in [0.25, 0.3) is 0 Å². The van der Waals surface area contributed by atoms with Crippen LogP contribution in [-0.4, -0.2) is 12.1 Å². The van der Waals surface area contributed by atoms with Gasteiger partial charge in [0.1, 0.15) is 5.75 Å². The molecule has 2 heteroatoms. The predicted molar refractivity (Wildman–Crippen MR) is 60.0 cm³/mol. The van der Waals surface area contributed by atoms with Crippen LogP contribution in [0.5, 0.6) is 5.75 Å². The van der Waals surface area contributed by atoms with Crippen molar-refractivity contribution >= 4 is 0 Å². The van der Waals surface area contributed by atoms with E-state index < -0.39 is 0 Å². The van der Waals surface area contributed by atoms with Gasteiger partial charge in [-0.2, -0.15) is 0 Å². The highest BCUT2D eigenvalue weighted by molar-refractivity contribution is 5.36. The predicted octanol–water partition coefficient (Wildman–Crippen LogP) is 2.68. The van der Waals surface area contributed by atoms with Gasteiger partial charge in [-0.15, -0.1) is 0 Å². The zero-order valence-corrected chi connectivity index (χ0v) is 8.68. The number of hydrogen-bond donors (Lipinski definition) is 0. The highest BCUT2D eigenvalue weighted by Crippen LogP contribution is 2.20. The van der Waals surface area contributed by atoms with Crippen molar-refractivity contribution in [2.24, 2.45) is 0 Å². The van der Waals surface area contributed by atoms with Gasteiger partial charge >= 0.3 is 0 Å². The SMILES string of the molecule is COc1ccccc1Cc1cccnc1. The Bertz CT molecular complexity index is 426. The molecule has 0 aliphatic rings. The van der Waals surface area contributed by atoms with Gasteiger partial charge in [0.2, 0.25) is 0 Å². The third-order valence-corrected chi connectivity index (χ3v) is 2.31. The van der Waals surface area contributed by atoms with E-state index in [1.165, 1.54) is 11.1 Å². The van der Waals surface area contributed by atoms with Crippen LogP contribution >= 0.6 is 0 Å². The number of ether oxygens (including phenoxy) is 1. The van der Waals surface area contributed by atoms with Gasteiger partial charge in [-0.25, -0.2) is 0 Å². The molecule has 15 heavy (non-hydrogen) atoms. The summed E-state index contributed by atoms with van der Waals surface area (Å²) in [7, 11) is 1.70. The molecule has 0 atom stereocenters. The molecule has 0 unspecified atom stereocenters. The maximum atomic E-state index is 5.30. The fourth-order valence-corrected chi connectivity index (χ4v) is 1.57. The Labute approximate surface area is 89.6 Å².